The molecular formula is C16H21BrN4O. The Morgan fingerprint density at radius 1 is 1.41 bits per heavy atom. The summed E-state index contributed by atoms with van der Waals surface area (Å²) in [6, 6.07) is 8.20. The van der Waals surface area contributed by atoms with Crippen LogP contribution in [0.15, 0.2) is 33.3 Å². The van der Waals surface area contributed by atoms with Gasteiger partial charge >= 0.3 is 0 Å². The molecular weight excluding hydrogens is 344 g/mol. The van der Waals surface area contributed by atoms with Crippen LogP contribution in [0.4, 0.5) is 0 Å². The van der Waals surface area contributed by atoms with Gasteiger partial charge in [-0.1, -0.05) is 33.2 Å². The van der Waals surface area contributed by atoms with Crippen LogP contribution >= 0.6 is 15.9 Å². The van der Waals surface area contributed by atoms with Crippen molar-refractivity contribution in [3.63, 3.8) is 0 Å². The van der Waals surface area contributed by atoms with E-state index in [0.717, 1.165) is 36.0 Å². The van der Waals surface area contributed by atoms with E-state index in [9.17, 15) is 0 Å². The second-order valence-corrected chi connectivity index (χ2v) is 6.91. The molecule has 118 valence electrons. The summed E-state index contributed by atoms with van der Waals surface area (Å²) in [6.45, 7) is 4.90. The molecule has 1 aromatic carbocycles. The van der Waals surface area contributed by atoms with Gasteiger partial charge in [-0.15, -0.1) is 0 Å². The molecule has 1 atom stereocenters. The number of nitrogens with two attached hydrogens (primary N) is 1. The zero-order chi connectivity index (χ0) is 15.5. The zero-order valence-electron chi connectivity index (χ0n) is 12.7. The van der Waals surface area contributed by atoms with E-state index in [0.29, 0.717) is 24.2 Å². The molecule has 0 spiro atoms. The monoisotopic (exact) mass is 364 g/mol. The number of nitrogens with zero attached hydrogens (tertiary/aromatic N) is 3. The molecule has 0 radical (unpaired) electrons. The van der Waals surface area contributed by atoms with Crippen LogP contribution in [0, 0.1) is 5.92 Å². The number of hydrogen-bond donors (Lipinski definition) is 1. The fourth-order valence-corrected chi connectivity index (χ4v) is 3.29. The summed E-state index contributed by atoms with van der Waals surface area (Å²) in [4.78, 5) is 6.86. The number of hydrogen-bond acceptors (Lipinski definition) is 5. The summed E-state index contributed by atoms with van der Waals surface area (Å²) < 4.78 is 6.40. The molecule has 1 aliphatic rings. The minimum absolute atomic E-state index is 0.286. The Morgan fingerprint density at radius 3 is 2.86 bits per heavy atom. The summed E-state index contributed by atoms with van der Waals surface area (Å²) in [7, 11) is 0. The topological polar surface area (TPSA) is 68.2 Å². The van der Waals surface area contributed by atoms with Crippen molar-refractivity contribution >= 4 is 15.9 Å². The van der Waals surface area contributed by atoms with Gasteiger partial charge < -0.3 is 10.3 Å². The second kappa shape index (κ2) is 6.89. The standard InChI is InChI=1S/C16H21BrN4O/c1-11(18)12-5-7-21(8-6-12)10-15-19-16(20-22-15)13-3-2-4-14(17)9-13/h2-4,9,11-12H,5-8,10,18H2,1H3. The highest BCUT2D eigenvalue weighted by atomic mass is 79.9. The molecule has 0 bridgehead atoms. The minimum atomic E-state index is 0.286. The van der Waals surface area contributed by atoms with Crippen molar-refractivity contribution in [3.8, 4) is 11.4 Å². The van der Waals surface area contributed by atoms with E-state index in [-0.39, 0.29) is 6.04 Å². The quantitative estimate of drug-likeness (QED) is 0.902. The Balaban J connectivity index is 1.61. The normalized spacial score (nSPS) is 18.5. The van der Waals surface area contributed by atoms with E-state index in [4.69, 9.17) is 10.3 Å². The summed E-state index contributed by atoms with van der Waals surface area (Å²) in [5.41, 5.74) is 6.94. The molecule has 1 unspecified atom stereocenters. The molecule has 22 heavy (non-hydrogen) atoms. The fourth-order valence-electron chi connectivity index (χ4n) is 2.89. The van der Waals surface area contributed by atoms with Crippen molar-refractivity contribution in [2.75, 3.05) is 13.1 Å². The van der Waals surface area contributed by atoms with Gasteiger partial charge in [0.2, 0.25) is 11.7 Å². The van der Waals surface area contributed by atoms with Gasteiger partial charge in [-0.05, 0) is 50.9 Å². The van der Waals surface area contributed by atoms with Crippen molar-refractivity contribution in [1.82, 2.24) is 15.0 Å². The average Bonchev–Trinajstić information content (AvgIpc) is 2.96. The van der Waals surface area contributed by atoms with Crippen molar-refractivity contribution in [2.24, 2.45) is 11.7 Å². The molecule has 5 nitrogen and oxygen atoms in total. The molecule has 3 rings (SSSR count). The lowest BCUT2D eigenvalue weighted by Crippen LogP contribution is -2.39. The van der Waals surface area contributed by atoms with Crippen molar-refractivity contribution < 1.29 is 4.52 Å². The van der Waals surface area contributed by atoms with E-state index < -0.39 is 0 Å². The van der Waals surface area contributed by atoms with Gasteiger partial charge in [0.15, 0.2) is 0 Å². The molecule has 1 saturated heterocycles. The molecule has 1 aromatic heterocycles. The lowest BCUT2D eigenvalue weighted by molar-refractivity contribution is 0.150. The first-order valence-corrected chi connectivity index (χ1v) is 8.47. The molecule has 1 aliphatic heterocycles. The number of piperidine rings is 1. The number of aromatic nitrogens is 2. The van der Waals surface area contributed by atoms with Crippen molar-refractivity contribution in [3.05, 3.63) is 34.6 Å². The smallest absolute Gasteiger partial charge is 0.241 e. The summed E-state index contributed by atoms with van der Waals surface area (Å²) in [5, 5.41) is 4.08. The zero-order valence-corrected chi connectivity index (χ0v) is 14.3. The first kappa shape index (κ1) is 15.6. The highest BCUT2D eigenvalue weighted by Crippen LogP contribution is 2.23. The molecule has 2 N–H and O–H groups in total. The van der Waals surface area contributed by atoms with Gasteiger partial charge in [0.05, 0.1) is 6.54 Å². The van der Waals surface area contributed by atoms with Gasteiger partial charge in [0.1, 0.15) is 0 Å². The van der Waals surface area contributed by atoms with Gasteiger partial charge in [-0.3, -0.25) is 4.90 Å². The van der Waals surface area contributed by atoms with Crippen LogP contribution in [0.5, 0.6) is 0 Å². The third-order valence-electron chi connectivity index (χ3n) is 4.29. The Hall–Kier alpha value is -1.24. The van der Waals surface area contributed by atoms with E-state index in [2.05, 4.69) is 37.9 Å². The van der Waals surface area contributed by atoms with Crippen LogP contribution in [0.25, 0.3) is 11.4 Å². The van der Waals surface area contributed by atoms with Crippen molar-refractivity contribution in [1.29, 1.82) is 0 Å². The van der Waals surface area contributed by atoms with E-state index in [1.807, 2.05) is 24.3 Å². The van der Waals surface area contributed by atoms with E-state index in [1.54, 1.807) is 0 Å². The third kappa shape index (κ3) is 3.74. The Bertz CT molecular complexity index is 620. The molecule has 0 aliphatic carbocycles. The van der Waals surface area contributed by atoms with Crippen molar-refractivity contribution in [2.45, 2.75) is 32.4 Å². The number of likely N-dealkylation sites (tertiary alicyclic amines) is 1. The lowest BCUT2D eigenvalue weighted by Gasteiger charge is -2.32. The van der Waals surface area contributed by atoms with Gasteiger partial charge in [0.25, 0.3) is 0 Å². The first-order valence-electron chi connectivity index (χ1n) is 7.68. The number of rotatable bonds is 4. The molecule has 1 fully saturated rings. The summed E-state index contributed by atoms with van der Waals surface area (Å²) >= 11 is 3.46. The number of halogens is 1. The molecule has 0 saturated carbocycles. The molecule has 2 aromatic rings. The minimum Gasteiger partial charge on any atom is -0.338 e. The SMILES string of the molecule is CC(N)C1CCN(Cc2nc(-c3cccc(Br)c3)no2)CC1. The van der Waals surface area contributed by atoms with Crippen LogP contribution < -0.4 is 5.73 Å². The number of benzene rings is 1. The average molecular weight is 365 g/mol. The van der Waals surface area contributed by atoms with Crippen LogP contribution in [0.1, 0.15) is 25.7 Å². The maximum Gasteiger partial charge on any atom is 0.241 e. The Morgan fingerprint density at radius 2 is 2.18 bits per heavy atom. The highest BCUT2D eigenvalue weighted by molar-refractivity contribution is 9.10. The molecule has 0 amide bonds. The molecule has 6 heteroatoms. The predicted octanol–water partition coefficient (Wildman–Crippen LogP) is 3.06. The second-order valence-electron chi connectivity index (χ2n) is 5.99. The van der Waals surface area contributed by atoms with Crippen LogP contribution in [0.2, 0.25) is 0 Å². The van der Waals surface area contributed by atoms with Gasteiger partial charge in [-0.25, -0.2) is 0 Å². The lowest BCUT2D eigenvalue weighted by atomic mass is 9.91. The van der Waals surface area contributed by atoms with Crippen LogP contribution in [-0.4, -0.2) is 34.2 Å². The van der Waals surface area contributed by atoms with Gasteiger partial charge in [0, 0.05) is 16.1 Å². The largest absolute Gasteiger partial charge is 0.338 e. The summed E-state index contributed by atoms with van der Waals surface area (Å²) in [5.74, 6) is 1.95. The maximum atomic E-state index is 5.98. The molecule has 2 heterocycles. The van der Waals surface area contributed by atoms with E-state index in [1.165, 1.54) is 0 Å². The van der Waals surface area contributed by atoms with Crippen LogP contribution in [0.3, 0.4) is 0 Å². The fraction of sp³-hybridized carbons (Fsp3) is 0.500. The Labute approximate surface area is 139 Å². The Kier molecular flexibility index (Phi) is 4.90. The van der Waals surface area contributed by atoms with Crippen LogP contribution in [-0.2, 0) is 6.54 Å². The highest BCUT2D eigenvalue weighted by Gasteiger charge is 2.23. The predicted molar refractivity (Wildman–Crippen MR) is 89.1 cm³/mol. The summed E-state index contributed by atoms with van der Waals surface area (Å²) in [6.07, 6.45) is 2.29. The van der Waals surface area contributed by atoms with Gasteiger partial charge in [-0.2, -0.15) is 4.98 Å². The van der Waals surface area contributed by atoms with E-state index >= 15 is 0 Å². The maximum absolute atomic E-state index is 5.98. The first-order chi connectivity index (χ1) is 10.6. The third-order valence-corrected chi connectivity index (χ3v) is 4.78.